The maximum absolute atomic E-state index is 14.2. The van der Waals surface area contributed by atoms with Gasteiger partial charge in [0.1, 0.15) is 11.5 Å². The van der Waals surface area contributed by atoms with Crippen molar-refractivity contribution in [2.45, 2.75) is 51.1 Å². The number of aromatic nitrogens is 2. The lowest BCUT2D eigenvalue weighted by Crippen LogP contribution is -2.42. The molecule has 1 aromatic heterocycles. The van der Waals surface area contributed by atoms with Crippen LogP contribution in [0, 0.1) is 6.92 Å². The predicted octanol–water partition coefficient (Wildman–Crippen LogP) is 4.34. The van der Waals surface area contributed by atoms with Gasteiger partial charge in [-0.2, -0.15) is 5.10 Å². The first-order valence-electron chi connectivity index (χ1n) is 9.98. The van der Waals surface area contributed by atoms with E-state index in [9.17, 15) is 9.18 Å². The molecule has 0 aliphatic rings. The maximum Gasteiger partial charge on any atom is 0.270 e. The molecule has 2 rings (SSSR count). The molecule has 0 saturated heterocycles. The van der Waals surface area contributed by atoms with Crippen LogP contribution in [0.2, 0.25) is 5.02 Å². The van der Waals surface area contributed by atoms with Crippen molar-refractivity contribution in [1.29, 1.82) is 0 Å². The monoisotopic (exact) mass is 467 g/mol. The Hall–Kier alpha value is -1.87. The quantitative estimate of drug-likeness (QED) is 0.564. The van der Waals surface area contributed by atoms with Crippen LogP contribution in [0.4, 0.5) is 4.39 Å². The molecule has 0 fully saturated rings. The molecular formula is C22H31ClFN5OS. The minimum atomic E-state index is -0.447. The fourth-order valence-corrected chi connectivity index (χ4v) is 4.04. The van der Waals surface area contributed by atoms with E-state index in [1.165, 1.54) is 22.7 Å². The van der Waals surface area contributed by atoms with Crippen molar-refractivity contribution in [3.63, 3.8) is 0 Å². The number of nitrogens with one attached hydrogen (secondary N) is 1. The molecule has 1 heterocycles. The third-order valence-electron chi connectivity index (χ3n) is 4.25. The van der Waals surface area contributed by atoms with Crippen LogP contribution in [-0.4, -0.2) is 46.2 Å². The Morgan fingerprint density at radius 3 is 2.61 bits per heavy atom. The van der Waals surface area contributed by atoms with Crippen LogP contribution in [0.1, 0.15) is 48.1 Å². The van der Waals surface area contributed by atoms with E-state index in [-0.39, 0.29) is 19.0 Å². The van der Waals surface area contributed by atoms with Crippen molar-refractivity contribution in [2.24, 2.45) is 5.73 Å². The summed E-state index contributed by atoms with van der Waals surface area (Å²) in [5.74, 6) is -0.732. The van der Waals surface area contributed by atoms with Crippen LogP contribution in [0.25, 0.3) is 0 Å². The number of nitrogens with zero attached hydrogens (tertiary/aromatic N) is 3. The van der Waals surface area contributed by atoms with Crippen molar-refractivity contribution >= 4 is 29.5 Å². The Morgan fingerprint density at radius 2 is 2.06 bits per heavy atom. The number of hydrogen-bond donors (Lipinski definition) is 2. The molecule has 6 nitrogen and oxygen atoms in total. The van der Waals surface area contributed by atoms with Gasteiger partial charge in [-0.15, -0.1) is 0 Å². The number of halogens is 2. The van der Waals surface area contributed by atoms with Crippen LogP contribution in [0.15, 0.2) is 35.0 Å². The third kappa shape index (κ3) is 7.35. The molecule has 2 aromatic rings. The molecule has 1 aromatic carbocycles. The summed E-state index contributed by atoms with van der Waals surface area (Å²) < 4.78 is 17.6. The summed E-state index contributed by atoms with van der Waals surface area (Å²) in [5.41, 5.74) is 7.67. The number of aryl methyl sites for hydroxylation is 1. The second kappa shape index (κ2) is 10.6. The van der Waals surface area contributed by atoms with E-state index in [0.29, 0.717) is 22.8 Å². The fourth-order valence-electron chi connectivity index (χ4n) is 3.06. The highest BCUT2D eigenvalue weighted by atomic mass is 35.5. The lowest BCUT2D eigenvalue weighted by atomic mass is 10.0. The van der Waals surface area contributed by atoms with Gasteiger partial charge in [0.15, 0.2) is 0 Å². The van der Waals surface area contributed by atoms with Gasteiger partial charge in [-0.3, -0.25) is 13.8 Å². The molecule has 0 spiro atoms. The van der Waals surface area contributed by atoms with Crippen molar-refractivity contribution in [1.82, 2.24) is 19.4 Å². The molecule has 0 unspecified atom stereocenters. The van der Waals surface area contributed by atoms with Gasteiger partial charge in [-0.1, -0.05) is 17.7 Å². The summed E-state index contributed by atoms with van der Waals surface area (Å²) in [5, 5.41) is 8.05. The summed E-state index contributed by atoms with van der Waals surface area (Å²) >= 11 is 8.00. The van der Waals surface area contributed by atoms with Gasteiger partial charge in [-0.25, -0.2) is 4.39 Å². The fraction of sp³-hybridized carbons (Fsp3) is 0.455. The van der Waals surface area contributed by atoms with Gasteiger partial charge in [0.25, 0.3) is 5.91 Å². The second-order valence-corrected chi connectivity index (χ2v) is 10.3. The van der Waals surface area contributed by atoms with E-state index in [2.05, 4.69) is 10.4 Å². The maximum atomic E-state index is 14.2. The second-order valence-electron chi connectivity index (χ2n) is 8.51. The Kier molecular flexibility index (Phi) is 8.71. The lowest BCUT2D eigenvalue weighted by Gasteiger charge is -2.21. The first-order valence-corrected chi connectivity index (χ1v) is 11.1. The topological polar surface area (TPSA) is 76.2 Å². The molecule has 0 aliphatic carbocycles. The van der Waals surface area contributed by atoms with Gasteiger partial charge in [0, 0.05) is 29.0 Å². The molecular weight excluding hydrogens is 437 g/mol. The number of benzene rings is 1. The molecule has 0 saturated carbocycles. The number of hydrogen-bond acceptors (Lipinski definition) is 5. The van der Waals surface area contributed by atoms with E-state index in [4.69, 9.17) is 17.3 Å². The molecule has 0 atom stereocenters. The van der Waals surface area contributed by atoms with Crippen LogP contribution in [0.5, 0.6) is 0 Å². The zero-order valence-corrected chi connectivity index (χ0v) is 20.5. The van der Waals surface area contributed by atoms with E-state index in [1.54, 1.807) is 0 Å². The van der Waals surface area contributed by atoms with Gasteiger partial charge in [0.2, 0.25) is 0 Å². The van der Waals surface area contributed by atoms with Crippen LogP contribution < -0.4 is 11.1 Å². The number of nitrogens with two attached hydrogens (primary N) is 1. The minimum Gasteiger partial charge on any atom is -0.346 e. The Morgan fingerprint density at radius 1 is 1.39 bits per heavy atom. The minimum absolute atomic E-state index is 0.0816. The smallest absolute Gasteiger partial charge is 0.270 e. The first-order chi connectivity index (χ1) is 14.4. The van der Waals surface area contributed by atoms with Crippen LogP contribution in [-0.2, 0) is 13.0 Å². The number of carbonyl (C=O) groups is 1. The van der Waals surface area contributed by atoms with Crippen molar-refractivity contribution < 1.29 is 9.18 Å². The number of carbonyl (C=O) groups excluding carboxylic acids is 1. The Bertz CT molecular complexity index is 966. The number of rotatable bonds is 8. The van der Waals surface area contributed by atoms with Crippen LogP contribution in [0.3, 0.4) is 0 Å². The largest absolute Gasteiger partial charge is 0.346 e. The zero-order valence-electron chi connectivity index (χ0n) is 18.9. The van der Waals surface area contributed by atoms with Crippen molar-refractivity contribution in [3.8, 4) is 0 Å². The normalized spacial score (nSPS) is 12.5. The van der Waals surface area contributed by atoms with Gasteiger partial charge in [0.05, 0.1) is 17.3 Å². The molecule has 1 amide bonds. The molecule has 31 heavy (non-hydrogen) atoms. The van der Waals surface area contributed by atoms with E-state index < -0.39 is 11.4 Å². The number of amides is 1. The summed E-state index contributed by atoms with van der Waals surface area (Å²) in [6.45, 7) is 7.44. The highest BCUT2D eigenvalue weighted by molar-refractivity contribution is 7.97. The zero-order chi connectivity index (χ0) is 23.3. The summed E-state index contributed by atoms with van der Waals surface area (Å²) in [4.78, 5) is 14.1. The average Bonchev–Trinajstić information content (AvgIpc) is 2.91. The Labute approximate surface area is 193 Å². The lowest BCUT2D eigenvalue weighted by molar-refractivity contribution is 0.0907. The molecule has 0 radical (unpaired) electrons. The summed E-state index contributed by atoms with van der Waals surface area (Å²) in [7, 11) is 3.90. The van der Waals surface area contributed by atoms with Gasteiger partial charge < -0.3 is 11.1 Å². The summed E-state index contributed by atoms with van der Waals surface area (Å²) in [6, 6.07) is 5.83. The predicted molar refractivity (Wildman–Crippen MR) is 126 cm³/mol. The van der Waals surface area contributed by atoms with Crippen molar-refractivity contribution in [2.75, 3.05) is 20.6 Å². The van der Waals surface area contributed by atoms with Crippen molar-refractivity contribution in [3.05, 3.63) is 57.6 Å². The highest BCUT2D eigenvalue weighted by Crippen LogP contribution is 2.30. The molecule has 9 heteroatoms. The SMILES string of the molecule is Cc1nn(C/C(F)=C/CN)c(C(=O)NC(C)(C)C)c1Cc1ccc(SN(C)C)c(Cl)c1. The number of allylic oxidation sites excluding steroid dienone is 1. The van der Waals surface area contributed by atoms with E-state index >= 15 is 0 Å². The van der Waals surface area contributed by atoms with E-state index in [0.717, 1.165) is 16.0 Å². The van der Waals surface area contributed by atoms with Gasteiger partial charge in [-0.05, 0) is 77.5 Å². The van der Waals surface area contributed by atoms with Gasteiger partial charge >= 0.3 is 0 Å². The molecule has 3 N–H and O–H groups in total. The molecule has 170 valence electrons. The third-order valence-corrected chi connectivity index (χ3v) is 5.60. The summed E-state index contributed by atoms with van der Waals surface area (Å²) in [6.07, 6.45) is 1.73. The molecule has 0 bridgehead atoms. The Balaban J connectivity index is 2.46. The standard InChI is InChI=1S/C22H31ClFN5OS/c1-14-17(11-15-7-8-19(18(23)12-15)31-28(5)6)20(21(30)26-22(2,3)4)29(27-14)13-16(24)9-10-25/h7-9,12H,10-11,13,25H2,1-6H3,(H,26,30)/b16-9-. The first kappa shape index (κ1) is 25.4. The average molecular weight is 468 g/mol. The van der Waals surface area contributed by atoms with E-state index in [1.807, 2.05) is 64.3 Å². The molecule has 0 aliphatic heterocycles. The van der Waals surface area contributed by atoms with Crippen LogP contribution >= 0.6 is 23.5 Å². The highest BCUT2D eigenvalue weighted by Gasteiger charge is 2.25.